The zero-order chi connectivity index (χ0) is 27.1. The van der Waals surface area contributed by atoms with Gasteiger partial charge in [0, 0.05) is 18.4 Å². The molecule has 38 heavy (non-hydrogen) atoms. The van der Waals surface area contributed by atoms with Crippen molar-refractivity contribution in [3.8, 4) is 0 Å². The Kier molecular flexibility index (Phi) is 6.08. The van der Waals surface area contributed by atoms with Crippen LogP contribution >= 0.6 is 0 Å². The molecule has 0 amide bonds. The molecule has 4 saturated carbocycles. The van der Waals surface area contributed by atoms with Crippen molar-refractivity contribution in [3.63, 3.8) is 0 Å². The number of ketones is 1. The summed E-state index contributed by atoms with van der Waals surface area (Å²) in [6, 6.07) is 2.44. The molecule has 1 heterocycles. The summed E-state index contributed by atoms with van der Waals surface area (Å²) < 4.78 is 35.6. The molecule has 4 aliphatic rings. The second-order valence-corrected chi connectivity index (χ2v) is 13.9. The van der Waals surface area contributed by atoms with E-state index in [-0.39, 0.29) is 45.5 Å². The maximum absolute atomic E-state index is 14.6. The van der Waals surface area contributed by atoms with Crippen molar-refractivity contribution in [2.75, 3.05) is 13.7 Å². The minimum atomic E-state index is -1.00. The van der Waals surface area contributed by atoms with Gasteiger partial charge in [0.05, 0.1) is 12.2 Å². The highest BCUT2D eigenvalue weighted by atomic mass is 19.2. The zero-order valence-corrected chi connectivity index (χ0v) is 23.1. The molecule has 1 aromatic carbocycles. The van der Waals surface area contributed by atoms with Gasteiger partial charge in [0.15, 0.2) is 17.4 Å². The number of hydrogen-bond donors (Lipinski definition) is 1. The van der Waals surface area contributed by atoms with E-state index < -0.39 is 17.2 Å². The first-order valence-electron chi connectivity index (χ1n) is 14.4. The molecule has 0 aliphatic heterocycles. The Balaban J connectivity index is 1.26. The fraction of sp³-hybridized carbons (Fsp3) is 0.767. The molecule has 0 unspecified atom stereocenters. The number of ether oxygens (including phenoxy) is 1. The minimum absolute atomic E-state index is 0.0389. The number of benzene rings is 1. The summed E-state index contributed by atoms with van der Waals surface area (Å²) in [5.74, 6) is -0.516. The third kappa shape index (κ3) is 3.65. The highest BCUT2D eigenvalue weighted by Gasteiger charge is 2.66. The van der Waals surface area contributed by atoms with Crippen LogP contribution in [0.15, 0.2) is 12.1 Å². The van der Waals surface area contributed by atoms with Crippen molar-refractivity contribution in [3.05, 3.63) is 23.8 Å². The van der Waals surface area contributed by atoms with E-state index in [4.69, 9.17) is 4.74 Å². The summed E-state index contributed by atoms with van der Waals surface area (Å²) >= 11 is 0. The normalized spacial score (nSPS) is 42.5. The van der Waals surface area contributed by atoms with E-state index in [0.29, 0.717) is 17.8 Å². The molecule has 8 heteroatoms. The molecule has 4 fully saturated rings. The maximum Gasteiger partial charge on any atom is 0.186 e. The van der Waals surface area contributed by atoms with Crippen LogP contribution in [0.1, 0.15) is 78.6 Å². The molecule has 0 bridgehead atoms. The van der Waals surface area contributed by atoms with Crippen LogP contribution < -0.4 is 0 Å². The summed E-state index contributed by atoms with van der Waals surface area (Å²) in [6.07, 6.45) is 8.71. The van der Waals surface area contributed by atoms with E-state index in [1.54, 1.807) is 0 Å². The first-order chi connectivity index (χ1) is 17.9. The van der Waals surface area contributed by atoms with Crippen molar-refractivity contribution < 1.29 is 23.4 Å². The molecular weight excluding hydrogens is 488 g/mol. The number of hydrogen-bond acceptors (Lipinski definition) is 5. The molecule has 1 N–H and O–H groups in total. The lowest BCUT2D eigenvalue weighted by Gasteiger charge is -2.67. The number of fused-ring (bicyclic) bond motifs is 6. The Morgan fingerprint density at radius 3 is 2.63 bits per heavy atom. The van der Waals surface area contributed by atoms with Crippen LogP contribution in [-0.2, 0) is 16.1 Å². The molecule has 8 atom stereocenters. The third-order valence-electron chi connectivity index (χ3n) is 11.9. The van der Waals surface area contributed by atoms with Crippen molar-refractivity contribution in [2.45, 2.75) is 90.7 Å². The fourth-order valence-electron chi connectivity index (χ4n) is 10.2. The van der Waals surface area contributed by atoms with Crippen LogP contribution in [0.5, 0.6) is 0 Å². The number of nitrogens with zero attached hydrogens (tertiary/aromatic N) is 3. The summed E-state index contributed by atoms with van der Waals surface area (Å²) in [7, 11) is 1.81. The van der Waals surface area contributed by atoms with Crippen molar-refractivity contribution >= 4 is 16.8 Å². The molecule has 0 spiro atoms. The largest absolute Gasteiger partial charge is 0.390 e. The van der Waals surface area contributed by atoms with Crippen molar-refractivity contribution in [1.29, 1.82) is 0 Å². The van der Waals surface area contributed by atoms with Gasteiger partial charge < -0.3 is 9.84 Å². The van der Waals surface area contributed by atoms with E-state index in [1.165, 1.54) is 10.7 Å². The smallest absolute Gasteiger partial charge is 0.186 e. The van der Waals surface area contributed by atoms with Gasteiger partial charge in [0.2, 0.25) is 0 Å². The highest BCUT2D eigenvalue weighted by Crippen LogP contribution is 2.71. The zero-order valence-electron chi connectivity index (χ0n) is 23.1. The van der Waals surface area contributed by atoms with Crippen LogP contribution in [0.4, 0.5) is 8.78 Å². The van der Waals surface area contributed by atoms with Gasteiger partial charge in [-0.3, -0.25) is 4.79 Å². The summed E-state index contributed by atoms with van der Waals surface area (Å²) in [4.78, 5) is 13.7. The SMILES string of the molecule is COC[C@]12CC[C@@](C)(O)C[C@@]1(C)CC[C@H]1[C@@H]3CC[C@H](C(=O)Cn4nnc5ccc(F)c(F)c54)[C@@]3(C)CC[C@@H]12. The van der Waals surface area contributed by atoms with E-state index in [1.807, 2.05) is 14.0 Å². The molecular formula is C30H41F2N3O3. The molecule has 1 aromatic heterocycles. The summed E-state index contributed by atoms with van der Waals surface area (Å²) in [6.45, 7) is 7.32. The van der Waals surface area contributed by atoms with Crippen molar-refractivity contribution in [1.82, 2.24) is 15.0 Å². The van der Waals surface area contributed by atoms with Crippen molar-refractivity contribution in [2.24, 2.45) is 39.9 Å². The molecule has 2 aromatic rings. The molecule has 0 saturated heterocycles. The predicted octanol–water partition coefficient (Wildman–Crippen LogP) is 5.71. The number of rotatable bonds is 5. The van der Waals surface area contributed by atoms with Crippen LogP contribution in [0, 0.1) is 51.6 Å². The lowest BCUT2D eigenvalue weighted by atomic mass is 9.39. The number of carbonyl (C=O) groups is 1. The summed E-state index contributed by atoms with van der Waals surface area (Å²) in [5.41, 5.74) is -0.421. The first kappa shape index (κ1) is 26.3. The number of methoxy groups -OCH3 is 1. The van der Waals surface area contributed by atoms with Crippen LogP contribution in [0.2, 0.25) is 0 Å². The van der Waals surface area contributed by atoms with Crippen LogP contribution in [0.3, 0.4) is 0 Å². The number of carbonyl (C=O) groups excluding carboxylic acids is 1. The number of Topliss-reactive ketones (excluding diaryl/α,β-unsaturated/α-hetero) is 1. The second-order valence-electron chi connectivity index (χ2n) is 13.9. The number of aliphatic hydroxyl groups is 1. The molecule has 0 radical (unpaired) electrons. The summed E-state index contributed by atoms with van der Waals surface area (Å²) in [5, 5.41) is 19.0. The van der Waals surface area contributed by atoms with Gasteiger partial charge in [-0.25, -0.2) is 13.5 Å². The molecule has 208 valence electrons. The number of aromatic nitrogens is 3. The van der Waals surface area contributed by atoms with E-state index >= 15 is 0 Å². The van der Waals surface area contributed by atoms with Gasteiger partial charge in [0.1, 0.15) is 17.6 Å². The quantitative estimate of drug-likeness (QED) is 0.537. The predicted molar refractivity (Wildman–Crippen MR) is 139 cm³/mol. The Morgan fingerprint density at radius 2 is 1.87 bits per heavy atom. The lowest BCUT2D eigenvalue weighted by Crippen LogP contribution is -2.62. The minimum Gasteiger partial charge on any atom is -0.390 e. The maximum atomic E-state index is 14.6. The van der Waals surface area contributed by atoms with Gasteiger partial charge in [-0.15, -0.1) is 5.10 Å². The Hall–Kier alpha value is -1.93. The number of halogens is 2. The third-order valence-corrected chi connectivity index (χ3v) is 11.9. The molecule has 4 aliphatic carbocycles. The Bertz CT molecular complexity index is 1260. The fourth-order valence-corrected chi connectivity index (χ4v) is 10.2. The first-order valence-corrected chi connectivity index (χ1v) is 14.4. The molecule has 6 nitrogen and oxygen atoms in total. The average Bonchev–Trinajstić information content (AvgIpc) is 3.42. The van der Waals surface area contributed by atoms with Gasteiger partial charge in [-0.1, -0.05) is 19.1 Å². The van der Waals surface area contributed by atoms with Gasteiger partial charge >= 0.3 is 0 Å². The Morgan fingerprint density at radius 1 is 1.08 bits per heavy atom. The molecule has 6 rings (SSSR count). The van der Waals surface area contributed by atoms with E-state index in [0.717, 1.165) is 70.5 Å². The monoisotopic (exact) mass is 529 g/mol. The lowest BCUT2D eigenvalue weighted by molar-refractivity contribution is -0.215. The second kappa shape index (κ2) is 8.79. The topological polar surface area (TPSA) is 77.2 Å². The average molecular weight is 530 g/mol. The highest BCUT2D eigenvalue weighted by molar-refractivity contribution is 5.84. The Labute approximate surface area is 223 Å². The van der Waals surface area contributed by atoms with Gasteiger partial charge in [-0.2, -0.15) is 0 Å². The van der Waals surface area contributed by atoms with Gasteiger partial charge in [0.25, 0.3) is 0 Å². The van der Waals surface area contributed by atoms with Gasteiger partial charge in [-0.05, 0) is 105 Å². The standard InChI is InChI=1S/C30H41F2N3O3/c1-27-11-9-18-19-5-6-21(24(36)15-35-26-23(33-34-35)8-7-22(31)25(26)32)29(19,3)12-10-20(18)30(27,17-38-4)14-13-28(2,37)16-27/h7-8,18-21,37H,5-6,9-17H2,1-4H3/t18-,19-,20-,21+,27+,28+,29-,30-/m0/s1. The van der Waals surface area contributed by atoms with Crippen LogP contribution in [-0.4, -0.2) is 45.2 Å². The van der Waals surface area contributed by atoms with E-state index in [2.05, 4.69) is 24.2 Å². The van der Waals surface area contributed by atoms with E-state index in [9.17, 15) is 18.7 Å². The van der Waals surface area contributed by atoms with Crippen LogP contribution in [0.25, 0.3) is 11.0 Å².